The zero-order valence-electron chi connectivity index (χ0n) is 11.1. The van der Waals surface area contributed by atoms with E-state index in [0.29, 0.717) is 16.8 Å². The molecule has 1 aromatic carbocycles. The Kier molecular flexibility index (Phi) is 6.45. The molecular formula is C14H19BrFNO2. The molecule has 1 rings (SSSR count). The Morgan fingerprint density at radius 3 is 2.74 bits per heavy atom. The van der Waals surface area contributed by atoms with Gasteiger partial charge in [-0.1, -0.05) is 19.9 Å². The molecule has 0 spiro atoms. The average Bonchev–Trinajstić information content (AvgIpc) is 2.30. The Labute approximate surface area is 121 Å². The molecule has 0 aliphatic carbocycles. The van der Waals surface area contributed by atoms with Crippen LogP contribution in [-0.2, 0) is 11.2 Å². The summed E-state index contributed by atoms with van der Waals surface area (Å²) in [5.41, 5.74) is 0.726. The lowest BCUT2D eigenvalue weighted by Crippen LogP contribution is -2.33. The fourth-order valence-corrected chi connectivity index (χ4v) is 2.18. The SMILES string of the molecule is CC(C)CC(O)CNC(=O)Cc1ccc(F)c(Br)c1. The van der Waals surface area contributed by atoms with Crippen LogP contribution < -0.4 is 5.32 Å². The second-order valence-corrected chi connectivity index (χ2v) is 5.87. The molecule has 0 saturated carbocycles. The first kappa shape index (κ1) is 16.1. The summed E-state index contributed by atoms with van der Waals surface area (Å²) in [4.78, 5) is 11.7. The number of hydrogen-bond donors (Lipinski definition) is 2. The van der Waals surface area contributed by atoms with Gasteiger partial charge >= 0.3 is 0 Å². The predicted molar refractivity (Wildman–Crippen MR) is 76.3 cm³/mol. The van der Waals surface area contributed by atoms with Gasteiger partial charge in [-0.25, -0.2) is 4.39 Å². The zero-order chi connectivity index (χ0) is 14.4. The maximum Gasteiger partial charge on any atom is 0.224 e. The molecule has 1 atom stereocenters. The van der Waals surface area contributed by atoms with Crippen molar-refractivity contribution in [1.29, 1.82) is 0 Å². The normalized spacial score (nSPS) is 12.5. The van der Waals surface area contributed by atoms with Crippen LogP contribution in [0.5, 0.6) is 0 Å². The van der Waals surface area contributed by atoms with Crippen LogP contribution in [0.1, 0.15) is 25.8 Å². The molecule has 0 radical (unpaired) electrons. The van der Waals surface area contributed by atoms with Gasteiger partial charge in [-0.3, -0.25) is 4.79 Å². The molecule has 0 bridgehead atoms. The third kappa shape index (κ3) is 6.16. The third-order valence-electron chi connectivity index (χ3n) is 2.63. The lowest BCUT2D eigenvalue weighted by atomic mass is 10.1. The number of aliphatic hydroxyl groups is 1. The minimum atomic E-state index is -0.524. The molecular weight excluding hydrogens is 313 g/mol. The van der Waals surface area contributed by atoms with Crippen LogP contribution in [0.2, 0.25) is 0 Å². The Bertz CT molecular complexity index is 437. The third-order valence-corrected chi connectivity index (χ3v) is 3.23. The van der Waals surface area contributed by atoms with E-state index in [1.807, 2.05) is 13.8 Å². The van der Waals surface area contributed by atoms with Crippen molar-refractivity contribution in [2.45, 2.75) is 32.8 Å². The highest BCUT2D eigenvalue weighted by Crippen LogP contribution is 2.17. The number of rotatable bonds is 6. The lowest BCUT2D eigenvalue weighted by molar-refractivity contribution is -0.120. The average molecular weight is 332 g/mol. The molecule has 5 heteroatoms. The van der Waals surface area contributed by atoms with Gasteiger partial charge in [-0.2, -0.15) is 0 Å². The van der Waals surface area contributed by atoms with Gasteiger partial charge in [0.1, 0.15) is 5.82 Å². The fraction of sp³-hybridized carbons (Fsp3) is 0.500. The molecule has 0 saturated heterocycles. The van der Waals surface area contributed by atoms with E-state index in [1.165, 1.54) is 6.07 Å². The Morgan fingerprint density at radius 2 is 2.16 bits per heavy atom. The molecule has 0 fully saturated rings. The molecule has 0 heterocycles. The minimum absolute atomic E-state index is 0.174. The van der Waals surface area contributed by atoms with Crippen LogP contribution in [0, 0.1) is 11.7 Å². The van der Waals surface area contributed by atoms with Crippen molar-refractivity contribution in [3.05, 3.63) is 34.1 Å². The Hall–Kier alpha value is -0.940. The summed E-state index contributed by atoms with van der Waals surface area (Å²) < 4.78 is 13.4. The van der Waals surface area contributed by atoms with Gasteiger partial charge in [0, 0.05) is 6.54 Å². The molecule has 0 aromatic heterocycles. The molecule has 1 amide bonds. The standard InChI is InChI=1S/C14H19BrFNO2/c1-9(2)5-11(18)8-17-14(19)7-10-3-4-13(16)12(15)6-10/h3-4,6,9,11,18H,5,7-8H2,1-2H3,(H,17,19). The largest absolute Gasteiger partial charge is 0.391 e. The number of halogens is 2. The number of aliphatic hydroxyl groups excluding tert-OH is 1. The maximum absolute atomic E-state index is 13.0. The first-order valence-electron chi connectivity index (χ1n) is 6.27. The van der Waals surface area contributed by atoms with Gasteiger partial charge in [0.05, 0.1) is 17.0 Å². The van der Waals surface area contributed by atoms with E-state index in [9.17, 15) is 14.3 Å². The molecule has 2 N–H and O–H groups in total. The molecule has 1 unspecified atom stereocenters. The number of carbonyl (C=O) groups is 1. The van der Waals surface area contributed by atoms with Crippen LogP contribution in [0.15, 0.2) is 22.7 Å². The highest BCUT2D eigenvalue weighted by molar-refractivity contribution is 9.10. The minimum Gasteiger partial charge on any atom is -0.391 e. The number of hydrogen-bond acceptors (Lipinski definition) is 2. The second kappa shape index (κ2) is 7.60. The molecule has 19 heavy (non-hydrogen) atoms. The topological polar surface area (TPSA) is 49.3 Å². The van der Waals surface area contributed by atoms with Gasteiger partial charge in [0.2, 0.25) is 5.91 Å². The van der Waals surface area contributed by atoms with Crippen molar-refractivity contribution in [2.24, 2.45) is 5.92 Å². The van der Waals surface area contributed by atoms with Gasteiger partial charge in [-0.05, 0) is 46.0 Å². The van der Waals surface area contributed by atoms with E-state index in [-0.39, 0.29) is 24.7 Å². The van der Waals surface area contributed by atoms with E-state index in [1.54, 1.807) is 12.1 Å². The van der Waals surface area contributed by atoms with Crippen molar-refractivity contribution < 1.29 is 14.3 Å². The van der Waals surface area contributed by atoms with E-state index < -0.39 is 6.10 Å². The van der Waals surface area contributed by atoms with Crippen LogP contribution >= 0.6 is 15.9 Å². The summed E-state index contributed by atoms with van der Waals surface area (Å²) in [6.45, 7) is 4.28. The monoisotopic (exact) mass is 331 g/mol. The van der Waals surface area contributed by atoms with Crippen molar-refractivity contribution in [2.75, 3.05) is 6.54 Å². The van der Waals surface area contributed by atoms with Crippen molar-refractivity contribution >= 4 is 21.8 Å². The molecule has 1 aromatic rings. The Morgan fingerprint density at radius 1 is 1.47 bits per heavy atom. The summed E-state index contributed by atoms with van der Waals surface area (Å²) in [6, 6.07) is 4.48. The van der Waals surface area contributed by atoms with Gasteiger partial charge in [0.15, 0.2) is 0 Å². The number of benzene rings is 1. The summed E-state index contributed by atoms with van der Waals surface area (Å²) in [5.74, 6) is -0.141. The number of amides is 1. The van der Waals surface area contributed by atoms with Crippen LogP contribution in [0.3, 0.4) is 0 Å². The molecule has 0 aliphatic heterocycles. The van der Waals surface area contributed by atoms with Crippen LogP contribution in [-0.4, -0.2) is 23.7 Å². The quantitative estimate of drug-likeness (QED) is 0.841. The second-order valence-electron chi connectivity index (χ2n) is 5.01. The summed E-state index contributed by atoms with van der Waals surface area (Å²) in [5, 5.41) is 12.3. The Balaban J connectivity index is 2.40. The van der Waals surface area contributed by atoms with E-state index in [0.717, 1.165) is 5.56 Å². The highest BCUT2D eigenvalue weighted by Gasteiger charge is 2.10. The first-order chi connectivity index (χ1) is 8.88. The van der Waals surface area contributed by atoms with Crippen molar-refractivity contribution in [3.8, 4) is 0 Å². The summed E-state index contributed by atoms with van der Waals surface area (Å²) in [7, 11) is 0. The maximum atomic E-state index is 13.0. The highest BCUT2D eigenvalue weighted by atomic mass is 79.9. The molecule has 3 nitrogen and oxygen atoms in total. The number of nitrogens with one attached hydrogen (secondary N) is 1. The van der Waals surface area contributed by atoms with E-state index in [2.05, 4.69) is 21.2 Å². The van der Waals surface area contributed by atoms with Crippen LogP contribution in [0.4, 0.5) is 4.39 Å². The van der Waals surface area contributed by atoms with Gasteiger partial charge < -0.3 is 10.4 Å². The van der Waals surface area contributed by atoms with Crippen molar-refractivity contribution in [1.82, 2.24) is 5.32 Å². The predicted octanol–water partition coefficient (Wildman–Crippen LogP) is 2.65. The molecule has 106 valence electrons. The van der Waals surface area contributed by atoms with Crippen LogP contribution in [0.25, 0.3) is 0 Å². The first-order valence-corrected chi connectivity index (χ1v) is 7.06. The number of carbonyl (C=O) groups excluding carboxylic acids is 1. The smallest absolute Gasteiger partial charge is 0.224 e. The van der Waals surface area contributed by atoms with E-state index >= 15 is 0 Å². The molecule has 0 aliphatic rings. The summed E-state index contributed by atoms with van der Waals surface area (Å²) >= 11 is 3.08. The van der Waals surface area contributed by atoms with Gasteiger partial charge in [0.25, 0.3) is 0 Å². The van der Waals surface area contributed by atoms with E-state index in [4.69, 9.17) is 0 Å². The zero-order valence-corrected chi connectivity index (χ0v) is 12.7. The fourth-order valence-electron chi connectivity index (χ4n) is 1.76. The van der Waals surface area contributed by atoms with Gasteiger partial charge in [-0.15, -0.1) is 0 Å². The van der Waals surface area contributed by atoms with Crippen molar-refractivity contribution in [3.63, 3.8) is 0 Å². The summed E-state index contributed by atoms with van der Waals surface area (Å²) in [6.07, 6.45) is 0.305. The lowest BCUT2D eigenvalue weighted by Gasteiger charge is -2.13.